The molecule has 6 heteroatoms. The van der Waals surface area contributed by atoms with Crippen LogP contribution in [0, 0.1) is 5.82 Å². The third-order valence-corrected chi connectivity index (χ3v) is 2.82. The quantitative estimate of drug-likeness (QED) is 0.911. The summed E-state index contributed by atoms with van der Waals surface area (Å²) in [7, 11) is 0. The number of halogens is 3. The zero-order valence-corrected chi connectivity index (χ0v) is 10.3. The van der Waals surface area contributed by atoms with Crippen molar-refractivity contribution in [3.05, 3.63) is 51.9 Å². The molecule has 0 bridgehead atoms. The van der Waals surface area contributed by atoms with Gasteiger partial charge < -0.3 is 5.11 Å². The van der Waals surface area contributed by atoms with Gasteiger partial charge in [-0.2, -0.15) is 0 Å². The molecule has 1 heterocycles. The van der Waals surface area contributed by atoms with E-state index in [-0.39, 0.29) is 16.3 Å². The highest BCUT2D eigenvalue weighted by Crippen LogP contribution is 2.31. The Labute approximate surface area is 112 Å². The number of carboxylic acids is 1. The molecule has 0 saturated carbocycles. The number of hydrogen-bond acceptors (Lipinski definition) is 2. The number of pyridine rings is 1. The molecule has 3 nitrogen and oxygen atoms in total. The van der Waals surface area contributed by atoms with Gasteiger partial charge in [0, 0.05) is 10.6 Å². The molecule has 0 spiro atoms. The smallest absolute Gasteiger partial charge is 0.338 e. The van der Waals surface area contributed by atoms with Gasteiger partial charge in [-0.1, -0.05) is 23.2 Å². The summed E-state index contributed by atoms with van der Waals surface area (Å²) in [5.41, 5.74) is 0.239. The zero-order chi connectivity index (χ0) is 13.3. The first-order valence-corrected chi connectivity index (χ1v) is 5.59. The van der Waals surface area contributed by atoms with Crippen LogP contribution >= 0.6 is 23.2 Å². The van der Waals surface area contributed by atoms with Gasteiger partial charge in [-0.05, 0) is 24.3 Å². The minimum atomic E-state index is -1.27. The van der Waals surface area contributed by atoms with E-state index in [1.807, 2.05) is 0 Å². The highest BCUT2D eigenvalue weighted by Gasteiger charge is 2.16. The first-order chi connectivity index (χ1) is 8.49. The second-order valence-corrected chi connectivity index (χ2v) is 4.32. The molecule has 1 aromatic heterocycles. The Kier molecular flexibility index (Phi) is 3.50. The maximum atomic E-state index is 13.0. The first kappa shape index (κ1) is 12.8. The molecule has 1 aromatic carbocycles. The maximum absolute atomic E-state index is 13.0. The summed E-state index contributed by atoms with van der Waals surface area (Å²) in [5.74, 6) is -2.00. The fraction of sp³-hybridized carbons (Fsp3) is 0. The van der Waals surface area contributed by atoms with Crippen LogP contribution in [0.25, 0.3) is 11.3 Å². The van der Waals surface area contributed by atoms with Gasteiger partial charge in [0.1, 0.15) is 5.82 Å². The van der Waals surface area contributed by atoms with Gasteiger partial charge in [0.2, 0.25) is 0 Å². The minimum Gasteiger partial charge on any atom is -0.478 e. The number of carboxylic acid groups (broad SMARTS) is 1. The fourth-order valence-corrected chi connectivity index (χ4v) is 2.00. The van der Waals surface area contributed by atoms with E-state index in [9.17, 15) is 9.18 Å². The molecular weight excluding hydrogens is 280 g/mol. The largest absolute Gasteiger partial charge is 0.478 e. The van der Waals surface area contributed by atoms with E-state index in [2.05, 4.69) is 4.98 Å². The molecular formula is C12H6Cl2FNO2. The van der Waals surface area contributed by atoms with Gasteiger partial charge in [0.15, 0.2) is 0 Å². The topological polar surface area (TPSA) is 50.2 Å². The van der Waals surface area contributed by atoms with Gasteiger partial charge in [-0.25, -0.2) is 9.18 Å². The molecule has 0 aliphatic carbocycles. The molecule has 0 aliphatic rings. The summed E-state index contributed by atoms with van der Waals surface area (Å²) in [6.45, 7) is 0. The lowest BCUT2D eigenvalue weighted by molar-refractivity contribution is 0.0697. The van der Waals surface area contributed by atoms with E-state index in [0.717, 1.165) is 12.3 Å². The van der Waals surface area contributed by atoms with Crippen molar-refractivity contribution in [3.63, 3.8) is 0 Å². The first-order valence-electron chi connectivity index (χ1n) is 4.83. The Bertz CT molecular complexity index is 631. The van der Waals surface area contributed by atoms with E-state index in [4.69, 9.17) is 28.3 Å². The SMILES string of the molecule is O=C(O)c1cc(F)cnc1-c1ccc(Cl)cc1Cl. The van der Waals surface area contributed by atoms with Crippen molar-refractivity contribution in [2.45, 2.75) is 0 Å². The second-order valence-electron chi connectivity index (χ2n) is 3.48. The van der Waals surface area contributed by atoms with Gasteiger partial charge in [0.25, 0.3) is 0 Å². The third-order valence-electron chi connectivity index (χ3n) is 2.27. The Morgan fingerprint density at radius 1 is 1.28 bits per heavy atom. The summed E-state index contributed by atoms with van der Waals surface area (Å²) in [5, 5.41) is 9.69. The predicted octanol–water partition coefficient (Wildman–Crippen LogP) is 3.89. The predicted molar refractivity (Wildman–Crippen MR) is 66.6 cm³/mol. The van der Waals surface area contributed by atoms with Crippen molar-refractivity contribution in [1.29, 1.82) is 0 Å². The summed E-state index contributed by atoms with van der Waals surface area (Å²) >= 11 is 11.7. The lowest BCUT2D eigenvalue weighted by atomic mass is 10.1. The number of hydrogen-bond donors (Lipinski definition) is 1. The average Bonchev–Trinajstić information content (AvgIpc) is 2.29. The number of aromatic carboxylic acids is 1. The molecule has 18 heavy (non-hydrogen) atoms. The van der Waals surface area contributed by atoms with Crippen molar-refractivity contribution in [2.24, 2.45) is 0 Å². The maximum Gasteiger partial charge on any atom is 0.338 e. The number of aromatic nitrogens is 1. The van der Waals surface area contributed by atoms with E-state index in [0.29, 0.717) is 10.6 Å². The molecule has 2 rings (SSSR count). The van der Waals surface area contributed by atoms with E-state index < -0.39 is 11.8 Å². The molecule has 0 atom stereocenters. The summed E-state index contributed by atoms with van der Waals surface area (Å²) in [6.07, 6.45) is 0.937. The Morgan fingerprint density at radius 3 is 2.61 bits per heavy atom. The van der Waals surface area contributed by atoms with Crippen molar-refractivity contribution >= 4 is 29.2 Å². The average molecular weight is 286 g/mol. The molecule has 0 radical (unpaired) electrons. The van der Waals surface area contributed by atoms with Gasteiger partial charge >= 0.3 is 5.97 Å². The van der Waals surface area contributed by atoms with Crippen LogP contribution in [0.15, 0.2) is 30.5 Å². The highest BCUT2D eigenvalue weighted by atomic mass is 35.5. The Morgan fingerprint density at radius 2 is 2.00 bits per heavy atom. The van der Waals surface area contributed by atoms with Crippen LogP contribution in [0.4, 0.5) is 4.39 Å². The molecule has 0 unspecified atom stereocenters. The highest BCUT2D eigenvalue weighted by molar-refractivity contribution is 6.36. The molecule has 2 aromatic rings. The lowest BCUT2D eigenvalue weighted by Gasteiger charge is -2.07. The monoisotopic (exact) mass is 285 g/mol. The standard InChI is InChI=1S/C12H6Cl2FNO2/c13-6-1-2-8(10(14)3-6)11-9(12(17)18)4-7(15)5-16-11/h1-5H,(H,17,18). The number of nitrogens with zero attached hydrogens (tertiary/aromatic N) is 1. The number of rotatable bonds is 2. The summed E-state index contributed by atoms with van der Waals surface area (Å²) in [4.78, 5) is 14.8. The van der Waals surface area contributed by atoms with Gasteiger partial charge in [0.05, 0.1) is 22.5 Å². The fourth-order valence-electron chi connectivity index (χ4n) is 1.50. The minimum absolute atomic E-state index is 0.102. The normalized spacial score (nSPS) is 10.4. The van der Waals surface area contributed by atoms with E-state index in [1.165, 1.54) is 12.1 Å². The molecule has 0 saturated heterocycles. The van der Waals surface area contributed by atoms with Crippen LogP contribution < -0.4 is 0 Å². The molecule has 0 amide bonds. The molecule has 0 aliphatic heterocycles. The van der Waals surface area contributed by atoms with Crippen LogP contribution in [0.2, 0.25) is 10.0 Å². The number of carbonyl (C=O) groups is 1. The van der Waals surface area contributed by atoms with Gasteiger partial charge in [-0.15, -0.1) is 0 Å². The van der Waals surface area contributed by atoms with E-state index >= 15 is 0 Å². The Balaban J connectivity index is 2.67. The van der Waals surface area contributed by atoms with Crippen molar-refractivity contribution in [3.8, 4) is 11.3 Å². The summed E-state index contributed by atoms with van der Waals surface area (Å²) in [6, 6.07) is 5.46. The van der Waals surface area contributed by atoms with Crippen LogP contribution in [0.1, 0.15) is 10.4 Å². The zero-order valence-electron chi connectivity index (χ0n) is 8.82. The molecule has 92 valence electrons. The molecule has 0 fully saturated rings. The van der Waals surface area contributed by atoms with Gasteiger partial charge in [-0.3, -0.25) is 4.98 Å². The van der Waals surface area contributed by atoms with Crippen molar-refractivity contribution in [1.82, 2.24) is 4.98 Å². The number of benzene rings is 1. The Hall–Kier alpha value is -1.65. The third kappa shape index (κ3) is 2.44. The van der Waals surface area contributed by atoms with Crippen LogP contribution in [0.3, 0.4) is 0 Å². The van der Waals surface area contributed by atoms with Crippen molar-refractivity contribution in [2.75, 3.05) is 0 Å². The van der Waals surface area contributed by atoms with Crippen LogP contribution in [-0.2, 0) is 0 Å². The molecule has 1 N–H and O–H groups in total. The van der Waals surface area contributed by atoms with Crippen LogP contribution in [-0.4, -0.2) is 16.1 Å². The lowest BCUT2D eigenvalue weighted by Crippen LogP contribution is -2.03. The van der Waals surface area contributed by atoms with Crippen molar-refractivity contribution < 1.29 is 14.3 Å². The second kappa shape index (κ2) is 4.92. The summed E-state index contributed by atoms with van der Waals surface area (Å²) < 4.78 is 13.0. The van der Waals surface area contributed by atoms with E-state index in [1.54, 1.807) is 6.07 Å². The van der Waals surface area contributed by atoms with Crippen LogP contribution in [0.5, 0.6) is 0 Å².